The maximum atomic E-state index is 12.7. The average molecular weight is 360 g/mol. The molecule has 3 heterocycles. The van der Waals surface area contributed by atoms with Crippen molar-refractivity contribution >= 4 is 28.8 Å². The van der Waals surface area contributed by atoms with Crippen LogP contribution >= 0.6 is 0 Å². The molecule has 0 spiro atoms. The second kappa shape index (κ2) is 6.95. The normalized spacial score (nSPS) is 14.7. The molecule has 4 rings (SSSR count). The number of pyridine rings is 2. The van der Waals surface area contributed by atoms with Gasteiger partial charge in [0.15, 0.2) is 5.82 Å². The van der Waals surface area contributed by atoms with Crippen LogP contribution in [0.5, 0.6) is 0 Å². The van der Waals surface area contributed by atoms with Crippen LogP contribution in [0.3, 0.4) is 0 Å². The number of carbonyl (C=O) groups is 1. The Hall–Kier alpha value is -3.61. The number of aromatic nitrogens is 2. The fourth-order valence-electron chi connectivity index (χ4n) is 2.99. The molecule has 0 fully saturated rings. The fourth-order valence-corrected chi connectivity index (χ4v) is 2.99. The maximum Gasteiger partial charge on any atom is 0.258 e. The third kappa shape index (κ3) is 3.39. The van der Waals surface area contributed by atoms with Gasteiger partial charge in [-0.25, -0.2) is 4.98 Å². The van der Waals surface area contributed by atoms with Crippen molar-refractivity contribution in [2.75, 3.05) is 34.9 Å². The Morgan fingerprint density at radius 2 is 1.89 bits per heavy atom. The molecule has 3 N–H and O–H groups in total. The van der Waals surface area contributed by atoms with Crippen LogP contribution in [0.25, 0.3) is 0 Å². The summed E-state index contributed by atoms with van der Waals surface area (Å²) in [4.78, 5) is 23.1. The number of fused-ring (bicyclic) bond motifs is 1. The number of carbonyl (C=O) groups excluding carboxylic acids is 1. The first kappa shape index (κ1) is 16.8. The van der Waals surface area contributed by atoms with Gasteiger partial charge >= 0.3 is 0 Å². The number of rotatable bonds is 4. The summed E-state index contributed by atoms with van der Waals surface area (Å²) in [5.41, 5.74) is 4.07. The summed E-state index contributed by atoms with van der Waals surface area (Å²) in [6.45, 7) is 0. The van der Waals surface area contributed by atoms with Gasteiger partial charge in [-0.05, 0) is 35.9 Å². The van der Waals surface area contributed by atoms with E-state index in [4.69, 9.17) is 0 Å². The summed E-state index contributed by atoms with van der Waals surface area (Å²) in [6.07, 6.45) is 4.76. The second-order valence-corrected chi connectivity index (χ2v) is 6.49. The molecule has 27 heavy (non-hydrogen) atoms. The Bertz CT molecular complexity index is 956. The van der Waals surface area contributed by atoms with E-state index in [9.17, 15) is 4.79 Å². The molecule has 1 aliphatic heterocycles. The van der Waals surface area contributed by atoms with E-state index in [1.807, 2.05) is 14.1 Å². The summed E-state index contributed by atoms with van der Waals surface area (Å²) < 4.78 is 0. The Balaban J connectivity index is 1.55. The van der Waals surface area contributed by atoms with E-state index in [0.717, 1.165) is 11.3 Å². The number of amides is 1. The monoisotopic (exact) mass is 360 g/mol. The van der Waals surface area contributed by atoms with Crippen molar-refractivity contribution < 1.29 is 4.79 Å². The van der Waals surface area contributed by atoms with Gasteiger partial charge in [-0.15, -0.1) is 0 Å². The van der Waals surface area contributed by atoms with Crippen molar-refractivity contribution in [2.45, 2.75) is 6.17 Å². The molecule has 0 saturated carbocycles. The van der Waals surface area contributed by atoms with Crippen molar-refractivity contribution in [1.82, 2.24) is 9.97 Å². The van der Waals surface area contributed by atoms with Crippen LogP contribution in [-0.2, 0) is 0 Å². The van der Waals surface area contributed by atoms with Crippen LogP contribution in [0.1, 0.15) is 22.1 Å². The highest BCUT2D eigenvalue weighted by atomic mass is 16.1. The predicted molar refractivity (Wildman–Crippen MR) is 107 cm³/mol. The van der Waals surface area contributed by atoms with Crippen molar-refractivity contribution in [3.63, 3.8) is 0 Å². The minimum absolute atomic E-state index is 0.143. The molecule has 136 valence electrons. The zero-order chi connectivity index (χ0) is 18.8. The van der Waals surface area contributed by atoms with E-state index in [-0.39, 0.29) is 12.1 Å². The molecule has 1 aromatic carbocycles. The number of nitrogens with zero attached hydrogens (tertiary/aromatic N) is 3. The highest BCUT2D eigenvalue weighted by molar-refractivity contribution is 6.09. The first-order chi connectivity index (χ1) is 13.1. The number of nitrogens with one attached hydrogen (secondary N) is 3. The Labute approximate surface area is 157 Å². The minimum atomic E-state index is -0.209. The largest absolute Gasteiger partial charge is 0.378 e. The summed E-state index contributed by atoms with van der Waals surface area (Å²) in [6, 6.07) is 13.5. The third-order valence-electron chi connectivity index (χ3n) is 4.43. The number of benzene rings is 1. The van der Waals surface area contributed by atoms with Gasteiger partial charge < -0.3 is 20.9 Å². The molecule has 0 aliphatic carbocycles. The molecule has 3 aromatic rings. The molecule has 0 saturated heterocycles. The lowest BCUT2D eigenvalue weighted by Crippen LogP contribution is -2.15. The van der Waals surface area contributed by atoms with Gasteiger partial charge in [0, 0.05) is 32.2 Å². The van der Waals surface area contributed by atoms with Gasteiger partial charge in [-0.3, -0.25) is 9.78 Å². The van der Waals surface area contributed by atoms with E-state index in [1.165, 1.54) is 0 Å². The van der Waals surface area contributed by atoms with Gasteiger partial charge in [-0.1, -0.05) is 12.1 Å². The quantitative estimate of drug-likeness (QED) is 0.662. The van der Waals surface area contributed by atoms with Crippen molar-refractivity contribution in [3.8, 4) is 0 Å². The summed E-state index contributed by atoms with van der Waals surface area (Å²) in [5.74, 6) is 0.454. The van der Waals surface area contributed by atoms with E-state index in [0.29, 0.717) is 22.8 Å². The Morgan fingerprint density at radius 3 is 2.59 bits per heavy atom. The van der Waals surface area contributed by atoms with Crippen LogP contribution in [0.15, 0.2) is 61.1 Å². The highest BCUT2D eigenvalue weighted by Crippen LogP contribution is 2.36. The summed E-state index contributed by atoms with van der Waals surface area (Å²) in [7, 11) is 4.02. The van der Waals surface area contributed by atoms with Gasteiger partial charge in [0.25, 0.3) is 5.91 Å². The van der Waals surface area contributed by atoms with Crippen molar-refractivity contribution in [3.05, 3.63) is 72.2 Å². The molecule has 1 aliphatic rings. The molecule has 2 aromatic heterocycles. The molecular weight excluding hydrogens is 340 g/mol. The molecule has 0 radical (unpaired) electrons. The van der Waals surface area contributed by atoms with Crippen molar-refractivity contribution in [1.29, 1.82) is 0 Å². The van der Waals surface area contributed by atoms with Gasteiger partial charge in [0.05, 0.1) is 23.1 Å². The van der Waals surface area contributed by atoms with Crippen LogP contribution < -0.4 is 20.9 Å². The third-order valence-corrected chi connectivity index (χ3v) is 4.43. The Morgan fingerprint density at radius 1 is 1.07 bits per heavy atom. The maximum absolute atomic E-state index is 12.7. The number of hydrogen-bond donors (Lipinski definition) is 3. The Kier molecular flexibility index (Phi) is 4.33. The highest BCUT2D eigenvalue weighted by Gasteiger charge is 2.27. The summed E-state index contributed by atoms with van der Waals surface area (Å²) in [5, 5.41) is 9.56. The van der Waals surface area contributed by atoms with E-state index in [2.05, 4.69) is 55.1 Å². The van der Waals surface area contributed by atoms with Crippen molar-refractivity contribution in [2.24, 2.45) is 0 Å². The minimum Gasteiger partial charge on any atom is -0.378 e. The lowest BCUT2D eigenvalue weighted by Gasteiger charge is -2.16. The molecule has 1 amide bonds. The molecule has 1 atom stereocenters. The second-order valence-electron chi connectivity index (χ2n) is 6.49. The topological polar surface area (TPSA) is 82.2 Å². The predicted octanol–water partition coefficient (Wildman–Crippen LogP) is 3.33. The molecule has 1 unspecified atom stereocenters. The molecule has 7 nitrogen and oxygen atoms in total. The zero-order valence-corrected chi connectivity index (χ0v) is 15.1. The smallest absolute Gasteiger partial charge is 0.258 e. The van der Waals surface area contributed by atoms with Crippen LogP contribution in [0.2, 0.25) is 0 Å². The van der Waals surface area contributed by atoms with Gasteiger partial charge in [0.2, 0.25) is 0 Å². The number of hydrogen-bond acceptors (Lipinski definition) is 6. The van der Waals surface area contributed by atoms with E-state index < -0.39 is 0 Å². The average Bonchev–Trinajstić information content (AvgIpc) is 3.13. The van der Waals surface area contributed by atoms with Crippen LogP contribution in [0.4, 0.5) is 22.9 Å². The first-order valence-electron chi connectivity index (χ1n) is 8.62. The van der Waals surface area contributed by atoms with Gasteiger partial charge in [-0.2, -0.15) is 0 Å². The first-order valence-corrected chi connectivity index (χ1v) is 8.62. The molecular formula is C20H20N6O. The van der Waals surface area contributed by atoms with Crippen LogP contribution in [-0.4, -0.2) is 30.0 Å². The van der Waals surface area contributed by atoms with Gasteiger partial charge in [0.1, 0.15) is 6.17 Å². The standard InChI is InChI=1S/C20H20N6O/c1-26(2)15-7-5-13(6-8-15)18-24-17-16(9-11-22-19(17)25-18)20(27)23-14-4-3-10-21-12-14/h3-12,18,24H,1-2H3,(H,22,25)(H,23,27). The molecule has 7 heteroatoms. The fraction of sp³-hybridized carbons (Fsp3) is 0.150. The van der Waals surface area contributed by atoms with E-state index >= 15 is 0 Å². The van der Waals surface area contributed by atoms with Crippen LogP contribution in [0, 0.1) is 0 Å². The number of anilines is 4. The van der Waals surface area contributed by atoms with E-state index in [1.54, 1.807) is 36.8 Å². The zero-order valence-electron chi connectivity index (χ0n) is 15.1. The summed E-state index contributed by atoms with van der Waals surface area (Å²) >= 11 is 0. The molecule has 0 bridgehead atoms. The lowest BCUT2D eigenvalue weighted by molar-refractivity contribution is 0.102. The lowest BCUT2D eigenvalue weighted by atomic mass is 10.1. The SMILES string of the molecule is CN(C)c1ccc(C2Nc3nccc(C(=O)Nc4cccnc4)c3N2)cc1.